The molecule has 1 aliphatic heterocycles. The average Bonchev–Trinajstić information content (AvgIpc) is 2.61. The zero-order valence-corrected chi connectivity index (χ0v) is 14.6. The normalized spacial score (nSPS) is 16.6. The number of hydrogen-bond donors (Lipinski definition) is 1. The van der Waals surface area contributed by atoms with E-state index in [0.717, 1.165) is 0 Å². The van der Waals surface area contributed by atoms with Gasteiger partial charge in [0.2, 0.25) is 5.91 Å². The highest BCUT2D eigenvalue weighted by Crippen LogP contribution is 2.12. The van der Waals surface area contributed by atoms with Gasteiger partial charge >= 0.3 is 6.18 Å². The van der Waals surface area contributed by atoms with Crippen molar-refractivity contribution >= 4 is 11.6 Å². The summed E-state index contributed by atoms with van der Waals surface area (Å²) in [5, 5.41) is 1.88. The summed E-state index contributed by atoms with van der Waals surface area (Å²) in [5.41, 5.74) is 1.11. The Labute approximate surface area is 153 Å². The first kappa shape index (κ1) is 19.3. The molecule has 1 N–H and O–H groups in total. The Morgan fingerprint density at radius 2 is 1.85 bits per heavy atom. The van der Waals surface area contributed by atoms with Gasteiger partial charge in [-0.25, -0.2) is 4.98 Å². The van der Waals surface area contributed by atoms with Crippen molar-refractivity contribution in [2.75, 3.05) is 39.3 Å². The molecular weight excluding hydrogens is 363 g/mol. The molecule has 0 aromatic carbocycles. The van der Waals surface area contributed by atoms with Gasteiger partial charge in [0, 0.05) is 45.0 Å². The van der Waals surface area contributed by atoms with E-state index in [1.54, 1.807) is 18.3 Å². The highest BCUT2D eigenvalue weighted by molar-refractivity contribution is 5.78. The van der Waals surface area contributed by atoms with Gasteiger partial charge in [-0.1, -0.05) is 6.07 Å². The Morgan fingerprint density at radius 3 is 2.56 bits per heavy atom. The molecule has 27 heavy (non-hydrogen) atoms. The van der Waals surface area contributed by atoms with Gasteiger partial charge in [-0.05, 0) is 12.1 Å². The van der Waals surface area contributed by atoms with E-state index in [0.29, 0.717) is 44.1 Å². The van der Waals surface area contributed by atoms with E-state index in [1.165, 1.54) is 10.5 Å². The minimum absolute atomic E-state index is 0.0561. The fourth-order valence-corrected chi connectivity index (χ4v) is 2.98. The molecule has 3 rings (SSSR count). The topological polar surface area (TPSA) is 70.0 Å². The second-order valence-corrected chi connectivity index (χ2v) is 6.46. The lowest BCUT2D eigenvalue weighted by atomic mass is 10.2. The molecule has 146 valence electrons. The molecule has 0 aliphatic carbocycles. The van der Waals surface area contributed by atoms with Crippen LogP contribution < -0.4 is 10.9 Å². The van der Waals surface area contributed by atoms with Crippen LogP contribution >= 0.6 is 0 Å². The fraction of sp³-hybridized carbons (Fsp3) is 0.471. The van der Waals surface area contributed by atoms with Gasteiger partial charge in [-0.3, -0.25) is 23.8 Å². The number of nitrogens with one attached hydrogen (secondary N) is 1. The first-order valence-electron chi connectivity index (χ1n) is 8.56. The van der Waals surface area contributed by atoms with Crippen LogP contribution in [0.4, 0.5) is 13.2 Å². The molecule has 1 saturated heterocycles. The predicted octanol–water partition coefficient (Wildman–Crippen LogP) is 0.491. The highest BCUT2D eigenvalue weighted by atomic mass is 19.4. The number of rotatable bonds is 5. The molecule has 2 aromatic heterocycles. The van der Waals surface area contributed by atoms with Crippen LogP contribution in [0.5, 0.6) is 0 Å². The summed E-state index contributed by atoms with van der Waals surface area (Å²) >= 11 is 0. The maximum absolute atomic E-state index is 12.1. The van der Waals surface area contributed by atoms with Gasteiger partial charge in [-0.15, -0.1) is 0 Å². The van der Waals surface area contributed by atoms with Crippen molar-refractivity contribution in [2.24, 2.45) is 0 Å². The standard InChI is InChI=1S/C17H20F3N5O2/c18-17(19,20)12-21-15(26)11-24-7-5-23(6-8-24)10-13-9-16(27)25-4-2-1-3-14(25)22-13/h1-4,9H,5-8,10-12H2,(H,21,26). The number of pyridine rings is 1. The van der Waals surface area contributed by atoms with Crippen molar-refractivity contribution < 1.29 is 18.0 Å². The maximum atomic E-state index is 12.1. The van der Waals surface area contributed by atoms with E-state index in [2.05, 4.69) is 9.88 Å². The molecule has 1 fully saturated rings. The van der Waals surface area contributed by atoms with Gasteiger partial charge in [0.15, 0.2) is 0 Å². The number of amides is 1. The summed E-state index contributed by atoms with van der Waals surface area (Å²) in [5.74, 6) is -0.634. The monoisotopic (exact) mass is 383 g/mol. The number of nitrogens with zero attached hydrogens (tertiary/aromatic N) is 4. The van der Waals surface area contributed by atoms with Gasteiger partial charge < -0.3 is 5.32 Å². The van der Waals surface area contributed by atoms with Crippen molar-refractivity contribution in [3.63, 3.8) is 0 Å². The molecule has 1 amide bonds. The summed E-state index contributed by atoms with van der Waals surface area (Å²) in [6, 6.07) is 6.85. The van der Waals surface area contributed by atoms with Crippen LogP contribution in [0.1, 0.15) is 5.69 Å². The number of piperazine rings is 1. The summed E-state index contributed by atoms with van der Waals surface area (Å²) < 4.78 is 37.8. The van der Waals surface area contributed by atoms with Gasteiger partial charge in [0.25, 0.3) is 5.56 Å². The molecule has 1 aliphatic rings. The second-order valence-electron chi connectivity index (χ2n) is 6.46. The number of carbonyl (C=O) groups is 1. The molecule has 7 nitrogen and oxygen atoms in total. The molecule has 2 aromatic rings. The third-order valence-electron chi connectivity index (χ3n) is 4.33. The lowest BCUT2D eigenvalue weighted by molar-refractivity contribution is -0.139. The third kappa shape index (κ3) is 5.51. The molecule has 0 radical (unpaired) electrons. The van der Waals surface area contributed by atoms with Crippen LogP contribution in [0, 0.1) is 0 Å². The quantitative estimate of drug-likeness (QED) is 0.814. The van der Waals surface area contributed by atoms with Crippen molar-refractivity contribution in [3.05, 3.63) is 46.5 Å². The highest BCUT2D eigenvalue weighted by Gasteiger charge is 2.28. The fourth-order valence-electron chi connectivity index (χ4n) is 2.98. The molecule has 0 spiro atoms. The lowest BCUT2D eigenvalue weighted by Crippen LogP contribution is -2.49. The zero-order chi connectivity index (χ0) is 19.4. The van der Waals surface area contributed by atoms with Crippen LogP contribution in [0.3, 0.4) is 0 Å². The van der Waals surface area contributed by atoms with Crippen molar-refractivity contribution in [3.8, 4) is 0 Å². The van der Waals surface area contributed by atoms with Gasteiger partial charge in [-0.2, -0.15) is 13.2 Å². The largest absolute Gasteiger partial charge is 0.405 e. The minimum atomic E-state index is -4.40. The van der Waals surface area contributed by atoms with Crippen molar-refractivity contribution in [1.82, 2.24) is 24.5 Å². The molecular formula is C17H20F3N5O2. The SMILES string of the molecule is O=C(CN1CCN(Cc2cc(=O)n3ccccc3n2)CC1)NCC(F)(F)F. The molecule has 0 bridgehead atoms. The molecule has 0 saturated carbocycles. The van der Waals surface area contributed by atoms with Crippen LogP contribution in [0.15, 0.2) is 35.3 Å². The number of carbonyl (C=O) groups excluding carboxylic acids is 1. The summed E-state index contributed by atoms with van der Waals surface area (Å²) in [7, 11) is 0. The Bertz CT molecular complexity index is 860. The lowest BCUT2D eigenvalue weighted by Gasteiger charge is -2.34. The molecule has 10 heteroatoms. The summed E-state index contributed by atoms with van der Waals surface area (Å²) in [6.45, 7) is 1.55. The Morgan fingerprint density at radius 1 is 1.15 bits per heavy atom. The summed E-state index contributed by atoms with van der Waals surface area (Å²) in [4.78, 5) is 32.1. The Kier molecular flexibility index (Phi) is 5.76. The Balaban J connectivity index is 1.50. The molecule has 3 heterocycles. The first-order chi connectivity index (χ1) is 12.8. The van der Waals surface area contributed by atoms with Gasteiger partial charge in [0.05, 0.1) is 12.2 Å². The number of halogens is 3. The van der Waals surface area contributed by atoms with E-state index >= 15 is 0 Å². The smallest absolute Gasteiger partial charge is 0.346 e. The zero-order valence-electron chi connectivity index (χ0n) is 14.6. The third-order valence-corrected chi connectivity index (χ3v) is 4.33. The maximum Gasteiger partial charge on any atom is 0.405 e. The minimum Gasteiger partial charge on any atom is -0.346 e. The van der Waals surface area contributed by atoms with Gasteiger partial charge in [0.1, 0.15) is 12.2 Å². The van der Waals surface area contributed by atoms with Crippen molar-refractivity contribution in [2.45, 2.75) is 12.7 Å². The number of aromatic nitrogens is 2. The number of alkyl halides is 3. The van der Waals surface area contributed by atoms with E-state index in [9.17, 15) is 22.8 Å². The van der Waals surface area contributed by atoms with Crippen LogP contribution in [-0.4, -0.2) is 70.5 Å². The Hall–Kier alpha value is -2.46. The predicted molar refractivity (Wildman–Crippen MR) is 92.2 cm³/mol. The average molecular weight is 383 g/mol. The number of hydrogen-bond acceptors (Lipinski definition) is 5. The molecule has 0 unspecified atom stereocenters. The first-order valence-corrected chi connectivity index (χ1v) is 8.56. The van der Waals surface area contributed by atoms with Crippen molar-refractivity contribution in [1.29, 1.82) is 0 Å². The van der Waals surface area contributed by atoms with Crippen LogP contribution in [-0.2, 0) is 11.3 Å². The number of fused-ring (bicyclic) bond motifs is 1. The van der Waals surface area contributed by atoms with Crippen LogP contribution in [0.25, 0.3) is 5.65 Å². The summed E-state index contributed by atoms with van der Waals surface area (Å²) in [6.07, 6.45) is -2.74. The van der Waals surface area contributed by atoms with E-state index in [-0.39, 0.29) is 12.1 Å². The van der Waals surface area contributed by atoms with Crippen LogP contribution in [0.2, 0.25) is 0 Å². The van der Waals surface area contributed by atoms with E-state index in [1.807, 2.05) is 16.3 Å². The second kappa shape index (κ2) is 8.05. The van der Waals surface area contributed by atoms with E-state index in [4.69, 9.17) is 0 Å². The molecule has 0 atom stereocenters. The van der Waals surface area contributed by atoms with E-state index < -0.39 is 18.6 Å².